The Balaban J connectivity index is 0.000000685. The molecule has 2 aliphatic rings. The average Bonchev–Trinajstić information content (AvgIpc) is 3.92. The van der Waals surface area contributed by atoms with Crippen LogP contribution in [0.25, 0.3) is 10.1 Å². The second-order valence-electron chi connectivity index (χ2n) is 11.4. The summed E-state index contributed by atoms with van der Waals surface area (Å²) in [6, 6.07) is 14.8. The van der Waals surface area contributed by atoms with Crippen LogP contribution in [0.5, 0.6) is 0 Å². The number of hydrogen-bond acceptors (Lipinski definition) is 8. The van der Waals surface area contributed by atoms with Gasteiger partial charge in [0.15, 0.2) is 0 Å². The van der Waals surface area contributed by atoms with Gasteiger partial charge in [0.1, 0.15) is 6.29 Å². The zero-order valence-electron chi connectivity index (χ0n) is 31.0. The van der Waals surface area contributed by atoms with Gasteiger partial charge in [-0.05, 0) is 75.5 Å². The lowest BCUT2D eigenvalue weighted by molar-refractivity contribution is -0.118. The number of carbonyl (C=O) groups is 4. The van der Waals surface area contributed by atoms with E-state index < -0.39 is 24.7 Å². The van der Waals surface area contributed by atoms with Crippen molar-refractivity contribution in [1.82, 2.24) is 14.7 Å². The van der Waals surface area contributed by atoms with Crippen LogP contribution in [0, 0.1) is 0 Å². The number of thiophene rings is 1. The molecule has 12 nitrogen and oxygen atoms in total. The van der Waals surface area contributed by atoms with Gasteiger partial charge in [-0.3, -0.25) is 18.9 Å². The molecule has 0 radical (unpaired) electrons. The lowest BCUT2D eigenvalue weighted by atomic mass is 9.99. The van der Waals surface area contributed by atoms with E-state index in [-0.39, 0.29) is 10.3 Å². The molecule has 52 heavy (non-hydrogen) atoms. The summed E-state index contributed by atoms with van der Waals surface area (Å²) < 4.78 is 42.6. The van der Waals surface area contributed by atoms with Crippen molar-refractivity contribution >= 4 is 54.0 Å². The molecule has 2 saturated heterocycles. The van der Waals surface area contributed by atoms with Crippen LogP contribution in [0.1, 0.15) is 73.2 Å². The molecule has 0 bridgehead atoms. The number of methoxy groups -OCH3 is 1. The molecule has 5 rings (SSSR count). The first-order valence-electron chi connectivity index (χ1n) is 16.9. The second kappa shape index (κ2) is 26.2. The minimum Gasteiger partial charge on any atom is -0.388 e. The molecule has 2 fully saturated rings. The Hall–Kier alpha value is -3.59. The van der Waals surface area contributed by atoms with Crippen molar-refractivity contribution in [2.24, 2.45) is 5.73 Å². The second-order valence-corrected chi connectivity index (χ2v) is 14.2. The standard InChI is InChI=1S/C11H13NO.C10H8F2NO4PS.C6H11NO2.C5H11N.C2H6O.C2H6/c13-9-12-7-6-11(8-12)10-4-2-1-3-5-10;11-10(12,18(15,16)17)6-1-2-7-5(3-6)4-8(19-7)9(13)14;1-2-7(6-9)4-3-5-8;1-6-4-2-3-5-6;1-3-2;1-2/h1-5,9,11H,6-8H2;1-4H,(H2,13,14)(H2,15,16,17);5-6H,2-4H2,1H3;2-5H2,1H3;1-2H3;1-2H3. The quantitative estimate of drug-likeness (QED) is 0.167. The Morgan fingerprint density at radius 2 is 1.65 bits per heavy atom. The van der Waals surface area contributed by atoms with E-state index in [1.54, 1.807) is 19.1 Å². The monoisotopic (exact) mass is 772 g/mol. The molecular formula is C36H55F2N4O8PS. The molecule has 0 saturated carbocycles. The molecule has 4 N–H and O–H groups in total. The number of primary amides is 1. The molecule has 2 aromatic carbocycles. The van der Waals surface area contributed by atoms with E-state index in [9.17, 15) is 32.5 Å². The topological polar surface area (TPSA) is 171 Å². The predicted octanol–water partition coefficient (Wildman–Crippen LogP) is 5.91. The van der Waals surface area contributed by atoms with Gasteiger partial charge in [-0.1, -0.05) is 50.2 Å². The van der Waals surface area contributed by atoms with Gasteiger partial charge in [-0.2, -0.15) is 8.78 Å². The maximum Gasteiger partial charge on any atom is 0.399 e. The first-order valence-corrected chi connectivity index (χ1v) is 19.3. The molecule has 3 aromatic rings. The summed E-state index contributed by atoms with van der Waals surface area (Å²) in [6.07, 6.45) is 6.88. The minimum absolute atomic E-state index is 0.187. The van der Waals surface area contributed by atoms with E-state index in [4.69, 9.17) is 15.5 Å². The van der Waals surface area contributed by atoms with Crippen molar-refractivity contribution in [2.45, 2.75) is 58.0 Å². The van der Waals surface area contributed by atoms with Gasteiger partial charge in [-0.25, -0.2) is 0 Å². The molecular weight excluding hydrogens is 717 g/mol. The number of aldehydes is 1. The van der Waals surface area contributed by atoms with E-state index in [0.29, 0.717) is 30.1 Å². The third kappa shape index (κ3) is 17.3. The van der Waals surface area contributed by atoms with Crippen molar-refractivity contribution < 1.29 is 47.0 Å². The van der Waals surface area contributed by atoms with E-state index in [0.717, 1.165) is 62.1 Å². The summed E-state index contributed by atoms with van der Waals surface area (Å²) in [6.45, 7) is 11.5. The lowest BCUT2D eigenvalue weighted by Gasteiger charge is -2.17. The highest BCUT2D eigenvalue weighted by Gasteiger charge is 2.50. The Labute approximate surface area is 310 Å². The predicted molar refractivity (Wildman–Crippen MR) is 203 cm³/mol. The number of amides is 3. The fraction of sp³-hybridized carbons (Fsp3) is 0.500. The zero-order chi connectivity index (χ0) is 39.7. The number of benzene rings is 2. The van der Waals surface area contributed by atoms with Gasteiger partial charge in [0.05, 0.1) is 4.88 Å². The number of nitrogens with zero attached hydrogens (tertiary/aromatic N) is 3. The number of likely N-dealkylation sites (tertiary alicyclic amines) is 2. The number of rotatable bonds is 10. The number of fused-ring (bicyclic) bond motifs is 1. The van der Waals surface area contributed by atoms with Gasteiger partial charge in [0.25, 0.3) is 5.91 Å². The minimum atomic E-state index is -5.60. The van der Waals surface area contributed by atoms with Crippen LogP contribution in [0.15, 0.2) is 54.6 Å². The fourth-order valence-corrected chi connectivity index (χ4v) is 6.15. The summed E-state index contributed by atoms with van der Waals surface area (Å²) in [5, 5.41) is 0.282. The number of halogens is 2. The Morgan fingerprint density at radius 1 is 1.06 bits per heavy atom. The Bertz CT molecular complexity index is 1500. The summed E-state index contributed by atoms with van der Waals surface area (Å²) in [4.78, 5) is 64.6. The molecule has 1 unspecified atom stereocenters. The van der Waals surface area contributed by atoms with Crippen molar-refractivity contribution in [1.29, 1.82) is 0 Å². The van der Waals surface area contributed by atoms with Crippen LogP contribution in [0.4, 0.5) is 8.78 Å². The fourth-order valence-electron chi connectivity index (χ4n) is 4.78. The maximum absolute atomic E-state index is 13.5. The largest absolute Gasteiger partial charge is 0.399 e. The van der Waals surface area contributed by atoms with E-state index in [1.165, 1.54) is 43.6 Å². The van der Waals surface area contributed by atoms with Gasteiger partial charge < -0.3 is 39.8 Å². The number of carbonyl (C=O) groups excluding carboxylic acids is 4. The van der Waals surface area contributed by atoms with Crippen LogP contribution in [-0.2, 0) is 29.3 Å². The van der Waals surface area contributed by atoms with Gasteiger partial charge in [0.2, 0.25) is 12.8 Å². The molecule has 0 aliphatic carbocycles. The maximum atomic E-state index is 13.5. The highest BCUT2D eigenvalue weighted by molar-refractivity contribution is 7.52. The highest BCUT2D eigenvalue weighted by atomic mass is 32.1. The third-order valence-corrected chi connectivity index (χ3v) is 9.65. The normalized spacial score (nSPS) is 15.0. The Morgan fingerprint density at radius 3 is 2.08 bits per heavy atom. The molecule has 0 spiro atoms. The number of nitrogens with two attached hydrogens (primary N) is 1. The molecule has 1 aromatic heterocycles. The van der Waals surface area contributed by atoms with Crippen molar-refractivity contribution in [2.75, 3.05) is 60.5 Å². The van der Waals surface area contributed by atoms with Gasteiger partial charge in [-0.15, -0.1) is 11.3 Å². The van der Waals surface area contributed by atoms with E-state index in [1.807, 2.05) is 31.7 Å². The molecule has 16 heteroatoms. The van der Waals surface area contributed by atoms with Crippen LogP contribution in [0.3, 0.4) is 0 Å². The van der Waals surface area contributed by atoms with Crippen LogP contribution < -0.4 is 5.73 Å². The molecule has 1 atom stereocenters. The van der Waals surface area contributed by atoms with E-state index in [2.05, 4.69) is 40.9 Å². The number of ether oxygens (including phenoxy) is 1. The summed E-state index contributed by atoms with van der Waals surface area (Å²) in [5.74, 6) is -0.143. The van der Waals surface area contributed by atoms with Crippen LogP contribution in [-0.4, -0.2) is 110 Å². The van der Waals surface area contributed by atoms with E-state index >= 15 is 0 Å². The van der Waals surface area contributed by atoms with Gasteiger partial charge >= 0.3 is 13.3 Å². The SMILES string of the molecule is CC.CCN(C=O)CCC=O.CN1CCCC1.COC.NC(=O)c1cc2cc(C(F)(F)P(=O)(O)O)ccc2s1.O=CN1CCC(c2ccccc2)C1. The average molecular weight is 773 g/mol. The molecule has 292 valence electrons. The van der Waals surface area contributed by atoms with Crippen LogP contribution in [0.2, 0.25) is 0 Å². The molecule has 3 heterocycles. The van der Waals surface area contributed by atoms with Crippen molar-refractivity contribution in [3.8, 4) is 0 Å². The smallest absolute Gasteiger partial charge is 0.388 e. The van der Waals surface area contributed by atoms with Gasteiger partial charge in [0, 0.05) is 63.0 Å². The number of hydrogen-bond donors (Lipinski definition) is 3. The first-order chi connectivity index (χ1) is 24.7. The summed E-state index contributed by atoms with van der Waals surface area (Å²) in [5.41, 5.74) is 1.35. The van der Waals surface area contributed by atoms with Crippen LogP contribution >= 0.6 is 18.9 Å². The number of alkyl halides is 2. The third-order valence-electron chi connectivity index (χ3n) is 7.53. The summed E-state index contributed by atoms with van der Waals surface area (Å²) in [7, 11) is -0.179. The molecule has 2 aliphatic heterocycles. The summed E-state index contributed by atoms with van der Waals surface area (Å²) >= 11 is 1.02. The highest BCUT2D eigenvalue weighted by Crippen LogP contribution is 2.59. The zero-order valence-corrected chi connectivity index (χ0v) is 32.7. The lowest BCUT2D eigenvalue weighted by Crippen LogP contribution is -2.22. The molecule has 3 amide bonds. The first kappa shape index (κ1) is 48.4. The Kier molecular flexibility index (Phi) is 24.4. The van der Waals surface area contributed by atoms with Crippen molar-refractivity contribution in [3.05, 3.63) is 70.6 Å². The van der Waals surface area contributed by atoms with Crippen molar-refractivity contribution in [3.63, 3.8) is 0 Å².